The Kier molecular flexibility index (Phi) is 6.17. The van der Waals surface area contributed by atoms with Crippen LogP contribution in [0.1, 0.15) is 0 Å². The minimum Gasteiger partial charge on any atom is -0.431 e. The van der Waals surface area contributed by atoms with Crippen LogP contribution in [0, 0.1) is 0 Å². The first kappa shape index (κ1) is 21.9. The van der Waals surface area contributed by atoms with Crippen LogP contribution in [0.5, 0.6) is 0 Å². The number of anilines is 2. The van der Waals surface area contributed by atoms with Gasteiger partial charge in [0.2, 0.25) is 15.9 Å². The predicted molar refractivity (Wildman–Crippen MR) is 120 cm³/mol. The highest BCUT2D eigenvalue weighted by Gasteiger charge is 2.21. The van der Waals surface area contributed by atoms with Gasteiger partial charge in [0.15, 0.2) is 0 Å². The Bertz CT molecular complexity index is 1350. The molecule has 164 valence electrons. The first-order chi connectivity index (χ1) is 15.3. The average Bonchev–Trinajstić information content (AvgIpc) is 3.38. The molecular formula is C20H14Cl2N4O5S. The number of nitrogens with one attached hydrogen (secondary N) is 2. The third kappa shape index (κ3) is 5.47. The highest BCUT2D eigenvalue weighted by molar-refractivity contribution is 7.93. The van der Waals surface area contributed by atoms with Crippen molar-refractivity contribution >= 4 is 51.2 Å². The fourth-order valence-corrected chi connectivity index (χ4v) is 3.76. The van der Waals surface area contributed by atoms with Crippen LogP contribution in [0.25, 0.3) is 22.5 Å². The van der Waals surface area contributed by atoms with Gasteiger partial charge in [-0.3, -0.25) is 10.1 Å². The molecule has 2 N–H and O–H groups in total. The number of hydrogen-bond acceptors (Lipinski definition) is 7. The number of halogens is 2. The minimum atomic E-state index is -4.10. The molecule has 0 saturated heterocycles. The van der Waals surface area contributed by atoms with Gasteiger partial charge in [-0.15, -0.1) is 0 Å². The fourth-order valence-electron chi connectivity index (χ4n) is 2.66. The van der Waals surface area contributed by atoms with Crippen LogP contribution in [-0.4, -0.2) is 30.0 Å². The van der Waals surface area contributed by atoms with Gasteiger partial charge in [0, 0.05) is 21.2 Å². The Labute approximate surface area is 192 Å². The number of rotatable bonds is 7. The number of sulfonamides is 1. The molecule has 0 spiro atoms. The quantitative estimate of drug-likeness (QED) is 0.383. The number of aromatic nitrogens is 2. The van der Waals surface area contributed by atoms with Crippen LogP contribution in [0.2, 0.25) is 10.0 Å². The van der Waals surface area contributed by atoms with E-state index in [1.165, 1.54) is 12.5 Å². The fraction of sp³-hybridized carbons (Fsp3) is 0.0500. The summed E-state index contributed by atoms with van der Waals surface area (Å²) in [6.45, 7) is 0. The van der Waals surface area contributed by atoms with E-state index >= 15 is 0 Å². The summed E-state index contributed by atoms with van der Waals surface area (Å²) in [4.78, 5) is 20.3. The summed E-state index contributed by atoms with van der Waals surface area (Å²) < 4.78 is 37.0. The maximum absolute atomic E-state index is 12.3. The lowest BCUT2D eigenvalue weighted by Crippen LogP contribution is -2.27. The number of amides is 1. The third-order valence-corrected chi connectivity index (χ3v) is 5.73. The zero-order chi connectivity index (χ0) is 22.7. The van der Waals surface area contributed by atoms with Gasteiger partial charge in [-0.05, 0) is 24.3 Å². The van der Waals surface area contributed by atoms with Crippen molar-refractivity contribution in [2.24, 2.45) is 0 Å². The van der Waals surface area contributed by atoms with Crippen LogP contribution >= 0.6 is 23.2 Å². The van der Waals surface area contributed by atoms with Crippen LogP contribution in [0.15, 0.2) is 69.9 Å². The highest BCUT2D eigenvalue weighted by Crippen LogP contribution is 2.24. The smallest absolute Gasteiger partial charge is 0.309 e. The van der Waals surface area contributed by atoms with Crippen molar-refractivity contribution in [2.45, 2.75) is 0 Å². The lowest BCUT2D eigenvalue weighted by atomic mass is 10.2. The Morgan fingerprint density at radius 3 is 1.81 bits per heavy atom. The standard InChI is InChI=1S/C20H14Cl2N4O5S/c21-14-5-1-12(2-6-14)16-9-30-19(23-16)25-18(27)11-32(28,29)26-20-24-17(10-31-20)13-3-7-15(22)8-4-13/h1-10H,11H2,(H,24,26)(H,23,25,27). The van der Waals surface area contributed by atoms with Gasteiger partial charge in [0.25, 0.3) is 0 Å². The molecule has 32 heavy (non-hydrogen) atoms. The van der Waals surface area contributed by atoms with Crippen molar-refractivity contribution in [3.05, 3.63) is 71.1 Å². The van der Waals surface area contributed by atoms with Crippen molar-refractivity contribution in [2.75, 3.05) is 15.8 Å². The summed E-state index contributed by atoms with van der Waals surface area (Å²) in [6, 6.07) is 13.2. The predicted octanol–water partition coefficient (Wildman–Crippen LogP) is 4.68. The first-order valence-corrected chi connectivity index (χ1v) is 11.4. The summed E-state index contributed by atoms with van der Waals surface area (Å²) in [5, 5.41) is 3.41. The van der Waals surface area contributed by atoms with Crippen molar-refractivity contribution in [3.8, 4) is 22.5 Å². The number of carbonyl (C=O) groups is 1. The maximum Gasteiger partial charge on any atom is 0.309 e. The molecule has 0 unspecified atom stereocenters. The van der Waals surface area contributed by atoms with Gasteiger partial charge >= 0.3 is 12.0 Å². The van der Waals surface area contributed by atoms with Crippen molar-refractivity contribution in [3.63, 3.8) is 0 Å². The molecule has 9 nitrogen and oxygen atoms in total. The molecular weight excluding hydrogens is 479 g/mol. The molecule has 0 bridgehead atoms. The molecule has 0 atom stereocenters. The molecule has 2 aromatic carbocycles. The highest BCUT2D eigenvalue weighted by atomic mass is 35.5. The average molecular weight is 493 g/mol. The normalized spacial score (nSPS) is 11.3. The number of hydrogen-bond donors (Lipinski definition) is 2. The zero-order valence-electron chi connectivity index (χ0n) is 16.1. The molecule has 0 aliphatic carbocycles. The number of oxazole rings is 2. The topological polar surface area (TPSA) is 127 Å². The Balaban J connectivity index is 1.37. The van der Waals surface area contributed by atoms with Gasteiger partial charge in [0.1, 0.15) is 29.7 Å². The Morgan fingerprint density at radius 1 is 0.812 bits per heavy atom. The second-order valence-electron chi connectivity index (χ2n) is 6.50. The van der Waals surface area contributed by atoms with E-state index in [2.05, 4.69) is 20.0 Å². The Morgan fingerprint density at radius 2 is 1.28 bits per heavy atom. The molecule has 12 heteroatoms. The number of nitrogens with zero attached hydrogens (tertiary/aromatic N) is 2. The van der Waals surface area contributed by atoms with E-state index < -0.39 is 21.7 Å². The summed E-state index contributed by atoms with van der Waals surface area (Å²) in [5.41, 5.74) is 2.25. The largest absolute Gasteiger partial charge is 0.431 e. The molecule has 0 aliphatic rings. The van der Waals surface area contributed by atoms with E-state index in [0.29, 0.717) is 32.6 Å². The minimum absolute atomic E-state index is 0.142. The summed E-state index contributed by atoms with van der Waals surface area (Å²) in [7, 11) is -4.10. The third-order valence-electron chi connectivity index (χ3n) is 4.10. The first-order valence-electron chi connectivity index (χ1n) is 9.01. The van der Waals surface area contributed by atoms with Crippen molar-refractivity contribution < 1.29 is 22.0 Å². The van der Waals surface area contributed by atoms with Crippen molar-refractivity contribution in [1.29, 1.82) is 0 Å². The van der Waals surface area contributed by atoms with E-state index in [4.69, 9.17) is 32.0 Å². The van der Waals surface area contributed by atoms with Gasteiger partial charge in [-0.25, -0.2) is 13.1 Å². The van der Waals surface area contributed by atoms with Gasteiger partial charge < -0.3 is 8.83 Å². The van der Waals surface area contributed by atoms with E-state index in [9.17, 15) is 13.2 Å². The van der Waals surface area contributed by atoms with E-state index in [1.54, 1.807) is 48.5 Å². The molecule has 0 aliphatic heterocycles. The molecule has 2 heterocycles. The van der Waals surface area contributed by atoms with E-state index in [-0.39, 0.29) is 12.0 Å². The number of carbonyl (C=O) groups excluding carboxylic acids is 1. The van der Waals surface area contributed by atoms with Crippen LogP contribution in [0.4, 0.5) is 12.0 Å². The van der Waals surface area contributed by atoms with E-state index in [0.717, 1.165) is 0 Å². The van der Waals surface area contributed by atoms with Crippen LogP contribution in [0.3, 0.4) is 0 Å². The molecule has 0 radical (unpaired) electrons. The van der Waals surface area contributed by atoms with Crippen molar-refractivity contribution in [1.82, 2.24) is 9.97 Å². The second kappa shape index (κ2) is 9.03. The molecule has 2 aromatic heterocycles. The summed E-state index contributed by atoms with van der Waals surface area (Å²) >= 11 is 11.7. The molecule has 4 aromatic rings. The van der Waals surface area contributed by atoms with Crippen LogP contribution < -0.4 is 10.0 Å². The molecule has 1 amide bonds. The lowest BCUT2D eigenvalue weighted by Gasteiger charge is -2.03. The van der Waals surface area contributed by atoms with Crippen LogP contribution in [-0.2, 0) is 14.8 Å². The summed E-state index contributed by atoms with van der Waals surface area (Å²) in [6.07, 6.45) is 2.61. The zero-order valence-corrected chi connectivity index (χ0v) is 18.4. The lowest BCUT2D eigenvalue weighted by molar-refractivity contribution is -0.114. The SMILES string of the molecule is O=C(CS(=O)(=O)Nc1nc(-c2ccc(Cl)cc2)co1)Nc1nc(-c2ccc(Cl)cc2)co1. The second-order valence-corrected chi connectivity index (χ2v) is 9.09. The monoisotopic (exact) mass is 492 g/mol. The van der Waals surface area contributed by atoms with Gasteiger partial charge in [-0.2, -0.15) is 9.97 Å². The van der Waals surface area contributed by atoms with E-state index in [1.807, 2.05) is 0 Å². The summed E-state index contributed by atoms with van der Waals surface area (Å²) in [5.74, 6) is -1.75. The molecule has 4 rings (SSSR count). The number of benzene rings is 2. The molecule has 0 saturated carbocycles. The van der Waals surface area contributed by atoms with Gasteiger partial charge in [-0.1, -0.05) is 47.5 Å². The Hall–Kier alpha value is -3.34. The maximum atomic E-state index is 12.3. The van der Waals surface area contributed by atoms with Gasteiger partial charge in [0.05, 0.1) is 0 Å². The molecule has 0 fully saturated rings.